The molecule has 6 nitrogen and oxygen atoms in total. The van der Waals surface area contributed by atoms with E-state index in [2.05, 4.69) is 10.6 Å². The lowest BCUT2D eigenvalue weighted by atomic mass is 9.80. The van der Waals surface area contributed by atoms with E-state index in [1.165, 1.54) is 12.1 Å². The molecule has 0 bridgehead atoms. The second kappa shape index (κ2) is 8.53. The Balaban J connectivity index is 1.57. The first kappa shape index (κ1) is 17.3. The number of hydrogen-bond donors (Lipinski definition) is 3. The van der Waals surface area contributed by atoms with Gasteiger partial charge >= 0.3 is 12.0 Å². The highest BCUT2D eigenvalue weighted by Crippen LogP contribution is 2.32. The normalized spacial score (nSPS) is 19.7. The molecule has 0 saturated heterocycles. The Kier molecular flexibility index (Phi) is 6.40. The first-order valence-electron chi connectivity index (χ1n) is 8.04. The molecule has 0 radical (unpaired) electrons. The van der Waals surface area contributed by atoms with Crippen molar-refractivity contribution in [2.45, 2.75) is 38.8 Å². The fourth-order valence-corrected chi connectivity index (χ4v) is 2.68. The predicted molar refractivity (Wildman–Crippen MR) is 86.4 cm³/mol. The summed E-state index contributed by atoms with van der Waals surface area (Å²) in [6.07, 6.45) is 3.57. The summed E-state index contributed by atoms with van der Waals surface area (Å²) >= 11 is 0. The molecular formula is C17H24N2O4. The number of aromatic carboxylic acids is 1. The van der Waals surface area contributed by atoms with Crippen molar-refractivity contribution in [1.29, 1.82) is 0 Å². The van der Waals surface area contributed by atoms with Crippen LogP contribution in [0, 0.1) is 5.92 Å². The zero-order chi connectivity index (χ0) is 16.7. The van der Waals surface area contributed by atoms with Crippen LogP contribution in [0.5, 0.6) is 0 Å². The molecule has 6 heteroatoms. The van der Waals surface area contributed by atoms with Crippen molar-refractivity contribution in [3.8, 4) is 0 Å². The van der Waals surface area contributed by atoms with Crippen molar-refractivity contribution in [2.75, 3.05) is 13.2 Å². The van der Waals surface area contributed by atoms with Crippen molar-refractivity contribution >= 4 is 12.0 Å². The number of carbonyl (C=O) groups is 2. The lowest BCUT2D eigenvalue weighted by Gasteiger charge is -2.34. The highest BCUT2D eigenvalue weighted by Gasteiger charge is 2.28. The first-order chi connectivity index (χ1) is 11.1. The van der Waals surface area contributed by atoms with Gasteiger partial charge in [-0.25, -0.2) is 9.59 Å². The van der Waals surface area contributed by atoms with Crippen molar-refractivity contribution in [3.63, 3.8) is 0 Å². The molecule has 1 fully saturated rings. The van der Waals surface area contributed by atoms with Gasteiger partial charge in [0, 0.05) is 19.7 Å². The van der Waals surface area contributed by atoms with Crippen LogP contribution in [0.25, 0.3) is 0 Å². The fourth-order valence-electron chi connectivity index (χ4n) is 2.68. The Hall–Kier alpha value is -2.08. The number of amides is 2. The van der Waals surface area contributed by atoms with Crippen molar-refractivity contribution in [1.82, 2.24) is 10.6 Å². The van der Waals surface area contributed by atoms with E-state index in [-0.39, 0.29) is 11.6 Å². The molecule has 0 aliphatic heterocycles. The molecular weight excluding hydrogens is 296 g/mol. The van der Waals surface area contributed by atoms with Crippen molar-refractivity contribution < 1.29 is 19.4 Å². The van der Waals surface area contributed by atoms with Gasteiger partial charge in [0.1, 0.15) is 0 Å². The minimum Gasteiger partial charge on any atom is -0.478 e. The Bertz CT molecular complexity index is 524. The largest absolute Gasteiger partial charge is 0.478 e. The van der Waals surface area contributed by atoms with Crippen LogP contribution in [0.3, 0.4) is 0 Å². The summed E-state index contributed by atoms with van der Waals surface area (Å²) in [6, 6.07) is 6.26. The Morgan fingerprint density at radius 1 is 1.22 bits per heavy atom. The lowest BCUT2D eigenvalue weighted by Crippen LogP contribution is -2.38. The second-order valence-corrected chi connectivity index (χ2v) is 5.81. The van der Waals surface area contributed by atoms with Crippen LogP contribution in [0.2, 0.25) is 0 Å². The molecule has 0 heterocycles. The Morgan fingerprint density at radius 2 is 1.91 bits per heavy atom. The quantitative estimate of drug-likeness (QED) is 0.686. The highest BCUT2D eigenvalue weighted by molar-refractivity contribution is 5.87. The predicted octanol–water partition coefficient (Wildman–Crippen LogP) is 2.39. The second-order valence-electron chi connectivity index (χ2n) is 5.81. The van der Waals surface area contributed by atoms with Gasteiger partial charge in [-0.1, -0.05) is 12.1 Å². The maximum atomic E-state index is 11.7. The summed E-state index contributed by atoms with van der Waals surface area (Å²) in [7, 11) is 0. The van der Waals surface area contributed by atoms with Crippen LogP contribution in [0.4, 0.5) is 4.79 Å². The molecule has 1 aliphatic rings. The maximum Gasteiger partial charge on any atom is 0.335 e. The van der Waals surface area contributed by atoms with Crippen molar-refractivity contribution in [2.24, 2.45) is 5.92 Å². The van der Waals surface area contributed by atoms with Crippen molar-refractivity contribution in [3.05, 3.63) is 35.4 Å². The summed E-state index contributed by atoms with van der Waals surface area (Å²) in [5, 5.41) is 14.4. The zero-order valence-corrected chi connectivity index (χ0v) is 13.4. The SMILES string of the molecule is CCOC1CC(CCNC(=O)NCc2ccc(C(=O)O)cc2)C1. The van der Waals surface area contributed by atoms with E-state index >= 15 is 0 Å². The molecule has 1 aromatic carbocycles. The summed E-state index contributed by atoms with van der Waals surface area (Å²) in [5.41, 5.74) is 1.10. The monoisotopic (exact) mass is 320 g/mol. The van der Waals surface area contributed by atoms with E-state index < -0.39 is 5.97 Å². The van der Waals surface area contributed by atoms with Crippen LogP contribution < -0.4 is 10.6 Å². The van der Waals surface area contributed by atoms with Crippen LogP contribution >= 0.6 is 0 Å². The molecule has 0 aromatic heterocycles. The molecule has 126 valence electrons. The van der Waals surface area contributed by atoms with E-state index in [1.54, 1.807) is 12.1 Å². The first-order valence-corrected chi connectivity index (χ1v) is 8.04. The van der Waals surface area contributed by atoms with E-state index in [4.69, 9.17) is 9.84 Å². The lowest BCUT2D eigenvalue weighted by molar-refractivity contribution is -0.0261. The van der Waals surface area contributed by atoms with E-state index in [0.29, 0.717) is 25.1 Å². The smallest absolute Gasteiger partial charge is 0.335 e. The molecule has 0 spiro atoms. The van der Waals surface area contributed by atoms with Crippen LogP contribution in [0.1, 0.15) is 42.1 Å². The number of carbonyl (C=O) groups excluding carboxylic acids is 1. The van der Waals surface area contributed by atoms with Gasteiger partial charge in [-0.15, -0.1) is 0 Å². The average Bonchev–Trinajstić information content (AvgIpc) is 2.50. The van der Waals surface area contributed by atoms with Gasteiger partial charge in [0.25, 0.3) is 0 Å². The van der Waals surface area contributed by atoms with Gasteiger partial charge in [-0.3, -0.25) is 0 Å². The number of carboxylic acid groups (broad SMARTS) is 1. The van der Waals surface area contributed by atoms with Crippen LogP contribution in [-0.4, -0.2) is 36.4 Å². The number of carboxylic acids is 1. The standard InChI is InChI=1S/C17H24N2O4/c1-2-23-15-9-13(10-15)7-8-18-17(22)19-11-12-3-5-14(6-4-12)16(20)21/h3-6,13,15H,2,7-11H2,1H3,(H,20,21)(H2,18,19,22). The Morgan fingerprint density at radius 3 is 2.52 bits per heavy atom. The third kappa shape index (κ3) is 5.56. The zero-order valence-electron chi connectivity index (χ0n) is 13.4. The molecule has 1 saturated carbocycles. The number of ether oxygens (including phenoxy) is 1. The van der Waals surface area contributed by atoms with Gasteiger partial charge < -0.3 is 20.5 Å². The fraction of sp³-hybridized carbons (Fsp3) is 0.529. The van der Waals surface area contributed by atoms with Gasteiger partial charge in [0.05, 0.1) is 11.7 Å². The van der Waals surface area contributed by atoms with Gasteiger partial charge in [0.2, 0.25) is 0 Å². The number of rotatable bonds is 8. The van der Waals surface area contributed by atoms with E-state index in [9.17, 15) is 9.59 Å². The summed E-state index contributed by atoms with van der Waals surface area (Å²) in [6.45, 7) is 3.81. The minimum atomic E-state index is -0.954. The highest BCUT2D eigenvalue weighted by atomic mass is 16.5. The summed E-state index contributed by atoms with van der Waals surface area (Å²) in [5.74, 6) is -0.305. The minimum absolute atomic E-state index is 0.201. The number of urea groups is 1. The summed E-state index contributed by atoms with van der Waals surface area (Å²) < 4.78 is 5.51. The number of hydrogen-bond acceptors (Lipinski definition) is 3. The van der Waals surface area contributed by atoms with Gasteiger partial charge in [-0.2, -0.15) is 0 Å². The third-order valence-corrected chi connectivity index (χ3v) is 4.09. The molecule has 3 N–H and O–H groups in total. The third-order valence-electron chi connectivity index (χ3n) is 4.09. The maximum absolute atomic E-state index is 11.7. The number of nitrogens with one attached hydrogen (secondary N) is 2. The molecule has 1 aliphatic carbocycles. The summed E-state index contributed by atoms with van der Waals surface area (Å²) in [4.78, 5) is 22.5. The Labute approximate surface area is 136 Å². The van der Waals surface area contributed by atoms with Gasteiger partial charge in [-0.05, 0) is 49.8 Å². The van der Waals surface area contributed by atoms with E-state index in [1.807, 2.05) is 6.92 Å². The van der Waals surface area contributed by atoms with Gasteiger partial charge in [0.15, 0.2) is 0 Å². The van der Waals surface area contributed by atoms with Crippen LogP contribution in [-0.2, 0) is 11.3 Å². The molecule has 23 heavy (non-hydrogen) atoms. The van der Waals surface area contributed by atoms with Crippen LogP contribution in [0.15, 0.2) is 24.3 Å². The molecule has 0 atom stereocenters. The number of benzene rings is 1. The molecule has 0 unspecified atom stereocenters. The van der Waals surface area contributed by atoms with E-state index in [0.717, 1.165) is 31.4 Å². The molecule has 2 amide bonds. The average molecular weight is 320 g/mol. The topological polar surface area (TPSA) is 87.7 Å². The molecule has 2 rings (SSSR count). The molecule has 1 aromatic rings.